The fourth-order valence-corrected chi connectivity index (χ4v) is 2.97. The molecular weight excluding hydrogens is 288 g/mol. The lowest BCUT2D eigenvalue weighted by Crippen LogP contribution is -2.09. The quantitative estimate of drug-likeness (QED) is 0.761. The molecule has 0 unspecified atom stereocenters. The van der Waals surface area contributed by atoms with E-state index in [1.165, 1.54) is 5.56 Å². The monoisotopic (exact) mass is 310 g/mol. The molecular formula is C19H22N2O2. The van der Waals surface area contributed by atoms with Gasteiger partial charge in [-0.3, -0.25) is 0 Å². The number of ether oxygens (including phenoxy) is 1. The van der Waals surface area contributed by atoms with Crippen LogP contribution in [0.5, 0.6) is 11.5 Å². The number of fused-ring (bicyclic) bond motifs is 1. The summed E-state index contributed by atoms with van der Waals surface area (Å²) in [5.41, 5.74) is 6.07. The molecule has 2 N–H and O–H groups in total. The number of nitrogens with zero attached hydrogens (tertiary/aromatic N) is 1. The molecule has 0 saturated heterocycles. The lowest BCUT2D eigenvalue weighted by molar-refractivity contribution is 0.415. The molecule has 120 valence electrons. The van der Waals surface area contributed by atoms with Crippen molar-refractivity contribution in [3.05, 3.63) is 41.5 Å². The lowest BCUT2D eigenvalue weighted by Gasteiger charge is -2.17. The number of aryl methyl sites for hydroxylation is 2. The van der Waals surface area contributed by atoms with Crippen molar-refractivity contribution in [2.45, 2.75) is 13.8 Å². The van der Waals surface area contributed by atoms with Gasteiger partial charge < -0.3 is 19.7 Å². The number of nitrogens with one attached hydrogen (secondary N) is 1. The summed E-state index contributed by atoms with van der Waals surface area (Å²) in [5.74, 6) is 1.18. The van der Waals surface area contributed by atoms with Crippen LogP contribution in [0, 0.1) is 13.8 Å². The molecule has 0 aliphatic rings. The van der Waals surface area contributed by atoms with Crippen molar-refractivity contribution in [1.82, 2.24) is 4.98 Å². The van der Waals surface area contributed by atoms with Crippen LogP contribution in [-0.4, -0.2) is 31.3 Å². The fourth-order valence-electron chi connectivity index (χ4n) is 2.97. The molecule has 23 heavy (non-hydrogen) atoms. The minimum absolute atomic E-state index is 0.328. The molecule has 0 spiro atoms. The normalized spacial score (nSPS) is 11.0. The Bertz CT molecular complexity index is 879. The van der Waals surface area contributed by atoms with Gasteiger partial charge in [-0.15, -0.1) is 0 Å². The Morgan fingerprint density at radius 2 is 1.83 bits per heavy atom. The van der Waals surface area contributed by atoms with E-state index in [4.69, 9.17) is 4.74 Å². The van der Waals surface area contributed by atoms with Crippen molar-refractivity contribution in [1.29, 1.82) is 0 Å². The molecule has 0 radical (unpaired) electrons. The van der Waals surface area contributed by atoms with E-state index in [2.05, 4.69) is 11.9 Å². The van der Waals surface area contributed by atoms with Crippen LogP contribution in [0.2, 0.25) is 0 Å². The summed E-state index contributed by atoms with van der Waals surface area (Å²) in [5, 5.41) is 11.4. The zero-order valence-electron chi connectivity index (χ0n) is 14.2. The molecule has 4 nitrogen and oxygen atoms in total. The smallest absolute Gasteiger partial charge is 0.141 e. The number of anilines is 1. The molecule has 2 aromatic carbocycles. The standard InChI is InChI=1S/C19H22N2O2/c1-11-8-13(9-17(19(11)22)21(3)4)18-12(2)15-10-14(23-5)6-7-16(15)20-18/h6-10,20,22H,1-5H3. The Hall–Kier alpha value is -2.62. The second-order valence-electron chi connectivity index (χ2n) is 6.09. The highest BCUT2D eigenvalue weighted by atomic mass is 16.5. The Labute approximate surface area is 136 Å². The minimum Gasteiger partial charge on any atom is -0.505 e. The Kier molecular flexibility index (Phi) is 3.68. The number of hydrogen-bond acceptors (Lipinski definition) is 3. The van der Waals surface area contributed by atoms with Crippen molar-refractivity contribution in [2.24, 2.45) is 0 Å². The van der Waals surface area contributed by atoms with Crippen LogP contribution >= 0.6 is 0 Å². The van der Waals surface area contributed by atoms with E-state index < -0.39 is 0 Å². The molecule has 4 heteroatoms. The zero-order chi connectivity index (χ0) is 16.7. The number of H-pyrrole nitrogens is 1. The third-order valence-corrected chi connectivity index (χ3v) is 4.32. The maximum atomic E-state index is 10.2. The van der Waals surface area contributed by atoms with Crippen molar-refractivity contribution in [3.63, 3.8) is 0 Å². The van der Waals surface area contributed by atoms with Gasteiger partial charge in [0.25, 0.3) is 0 Å². The molecule has 0 saturated carbocycles. The zero-order valence-corrected chi connectivity index (χ0v) is 14.2. The summed E-state index contributed by atoms with van der Waals surface area (Å²) in [6.07, 6.45) is 0. The Morgan fingerprint density at radius 3 is 2.48 bits per heavy atom. The molecule has 0 atom stereocenters. The van der Waals surface area contributed by atoms with Crippen LogP contribution in [0.4, 0.5) is 5.69 Å². The number of aromatic amines is 1. The van der Waals surface area contributed by atoms with Crippen molar-refractivity contribution < 1.29 is 9.84 Å². The van der Waals surface area contributed by atoms with Crippen molar-refractivity contribution in [2.75, 3.05) is 26.1 Å². The van der Waals surface area contributed by atoms with E-state index in [0.29, 0.717) is 5.75 Å². The number of aromatic nitrogens is 1. The molecule has 0 bridgehead atoms. The summed E-state index contributed by atoms with van der Waals surface area (Å²) in [6, 6.07) is 10.1. The third kappa shape index (κ3) is 2.50. The molecule has 0 fully saturated rings. The van der Waals surface area contributed by atoms with Gasteiger partial charge in [0.1, 0.15) is 11.5 Å². The minimum atomic E-state index is 0.328. The van der Waals surface area contributed by atoms with Gasteiger partial charge in [0.15, 0.2) is 0 Å². The Morgan fingerprint density at radius 1 is 1.09 bits per heavy atom. The highest BCUT2D eigenvalue weighted by molar-refractivity contribution is 5.92. The number of rotatable bonds is 3. The van der Waals surface area contributed by atoms with Gasteiger partial charge in [-0.25, -0.2) is 0 Å². The summed E-state index contributed by atoms with van der Waals surface area (Å²) in [7, 11) is 5.54. The number of methoxy groups -OCH3 is 1. The first-order valence-corrected chi connectivity index (χ1v) is 7.60. The van der Waals surface area contributed by atoms with Crippen LogP contribution in [0.1, 0.15) is 11.1 Å². The summed E-state index contributed by atoms with van der Waals surface area (Å²) >= 11 is 0. The second kappa shape index (κ2) is 5.54. The molecule has 1 heterocycles. The van der Waals surface area contributed by atoms with Gasteiger partial charge in [0, 0.05) is 36.3 Å². The van der Waals surface area contributed by atoms with E-state index in [1.807, 2.05) is 56.3 Å². The first-order chi connectivity index (χ1) is 10.9. The number of hydrogen-bond donors (Lipinski definition) is 2. The third-order valence-electron chi connectivity index (χ3n) is 4.32. The highest BCUT2D eigenvalue weighted by Gasteiger charge is 2.15. The molecule has 3 aromatic rings. The van der Waals surface area contributed by atoms with E-state index in [-0.39, 0.29) is 0 Å². The van der Waals surface area contributed by atoms with Gasteiger partial charge in [-0.1, -0.05) is 0 Å². The lowest BCUT2D eigenvalue weighted by atomic mass is 10.0. The number of phenols is 1. The van der Waals surface area contributed by atoms with E-state index in [9.17, 15) is 5.11 Å². The average molecular weight is 310 g/mol. The molecule has 0 amide bonds. The van der Waals surface area contributed by atoms with Crippen LogP contribution in [0.15, 0.2) is 30.3 Å². The first-order valence-electron chi connectivity index (χ1n) is 7.60. The molecule has 3 rings (SSSR count). The second-order valence-corrected chi connectivity index (χ2v) is 6.09. The summed E-state index contributed by atoms with van der Waals surface area (Å²) in [6.45, 7) is 4.03. The molecule has 1 aromatic heterocycles. The van der Waals surface area contributed by atoms with E-state index in [0.717, 1.165) is 39.2 Å². The van der Waals surface area contributed by atoms with E-state index in [1.54, 1.807) is 7.11 Å². The van der Waals surface area contributed by atoms with E-state index >= 15 is 0 Å². The molecule has 0 aliphatic heterocycles. The van der Waals surface area contributed by atoms with Gasteiger partial charge in [-0.05, 0) is 55.3 Å². The number of phenolic OH excluding ortho intramolecular Hbond substituents is 1. The maximum Gasteiger partial charge on any atom is 0.141 e. The number of benzene rings is 2. The largest absolute Gasteiger partial charge is 0.505 e. The Balaban J connectivity index is 2.23. The molecule has 0 aliphatic carbocycles. The topological polar surface area (TPSA) is 48.5 Å². The van der Waals surface area contributed by atoms with Gasteiger partial charge in [0.2, 0.25) is 0 Å². The highest BCUT2D eigenvalue weighted by Crippen LogP contribution is 2.38. The predicted molar refractivity (Wildman–Crippen MR) is 95.8 cm³/mol. The van der Waals surface area contributed by atoms with Crippen molar-refractivity contribution in [3.8, 4) is 22.8 Å². The maximum absolute atomic E-state index is 10.2. The summed E-state index contributed by atoms with van der Waals surface area (Å²) < 4.78 is 5.32. The van der Waals surface area contributed by atoms with Crippen molar-refractivity contribution >= 4 is 16.6 Å². The predicted octanol–water partition coefficient (Wildman–Crippen LogP) is 4.23. The average Bonchev–Trinajstić information content (AvgIpc) is 2.86. The fraction of sp³-hybridized carbons (Fsp3) is 0.263. The van der Waals surface area contributed by atoms with Gasteiger partial charge in [-0.2, -0.15) is 0 Å². The van der Waals surface area contributed by atoms with Gasteiger partial charge in [0.05, 0.1) is 12.8 Å². The first kappa shape index (κ1) is 15.3. The van der Waals surface area contributed by atoms with Crippen LogP contribution in [0.25, 0.3) is 22.2 Å². The van der Waals surface area contributed by atoms with Crippen LogP contribution in [-0.2, 0) is 0 Å². The van der Waals surface area contributed by atoms with Crippen LogP contribution in [0.3, 0.4) is 0 Å². The van der Waals surface area contributed by atoms with Gasteiger partial charge >= 0.3 is 0 Å². The number of aromatic hydroxyl groups is 1. The van der Waals surface area contributed by atoms with Crippen LogP contribution < -0.4 is 9.64 Å². The summed E-state index contributed by atoms with van der Waals surface area (Å²) in [4.78, 5) is 5.41. The SMILES string of the molecule is COc1ccc2[nH]c(-c3cc(C)c(O)c(N(C)C)c3)c(C)c2c1.